The molecule has 5 aromatic rings. The van der Waals surface area contributed by atoms with Crippen LogP contribution in [0, 0.1) is 6.92 Å². The van der Waals surface area contributed by atoms with Gasteiger partial charge in [0.2, 0.25) is 0 Å². The van der Waals surface area contributed by atoms with Crippen LogP contribution >= 0.6 is 0 Å². The maximum atomic E-state index is 12.7. The molecule has 3 aromatic carbocycles. The van der Waals surface area contributed by atoms with Crippen LogP contribution in [-0.4, -0.2) is 20.2 Å². The Kier molecular flexibility index (Phi) is 8.54. The third-order valence-electron chi connectivity index (χ3n) is 6.04. The predicted octanol–water partition coefficient (Wildman–Crippen LogP) is 6.44. The summed E-state index contributed by atoms with van der Waals surface area (Å²) in [6.45, 7) is 2.52. The maximum absolute atomic E-state index is 12.7. The van der Waals surface area contributed by atoms with Crippen LogP contribution < -0.4 is 10.3 Å². The molecule has 0 unspecified atom stereocenters. The Hall–Kier alpha value is -5.30. The number of nitrogens with zero attached hydrogens (tertiary/aromatic N) is 4. The number of aromatic nitrogens is 3. The van der Waals surface area contributed by atoms with Crippen LogP contribution in [-0.2, 0) is 18.2 Å². The number of allylic oxidation sites excluding steroid dienone is 2. The van der Waals surface area contributed by atoms with Gasteiger partial charge in [0.1, 0.15) is 24.4 Å². The number of hydrogen-bond acceptors (Lipinski definition) is 6. The molecule has 0 radical (unpaired) electrons. The normalized spacial score (nSPS) is 11.9. The Morgan fingerprint density at radius 1 is 0.925 bits per heavy atom. The van der Waals surface area contributed by atoms with Crippen LogP contribution in [0.3, 0.4) is 0 Å². The van der Waals surface area contributed by atoms with Gasteiger partial charge in [0.25, 0.3) is 5.56 Å². The topological polar surface area (TPSA) is 78.6 Å². The minimum Gasteiger partial charge on any atom is -0.489 e. The molecule has 0 saturated carbocycles. The molecule has 40 heavy (non-hydrogen) atoms. The minimum atomic E-state index is -0.187. The van der Waals surface area contributed by atoms with Crippen molar-refractivity contribution in [2.75, 3.05) is 0 Å². The fraction of sp³-hybridized carbons (Fsp3) is 0.0909. The zero-order valence-electron chi connectivity index (χ0n) is 22.1. The van der Waals surface area contributed by atoms with Crippen molar-refractivity contribution in [2.24, 2.45) is 5.16 Å². The standard InChI is InChI=1S/C33H28N4O3/c1-25-6-4-7-28(20-25)22-39-30-17-13-26(14-18-30)11-15-29(16-12-27-8-5-19-34-21-27)36-40-24-37-23-35-32-10-3-2-9-31(32)33(37)38/h2-21,23H,22,24H2,1H3/b15-11+,16-12+,36-29-. The molecule has 7 heteroatoms. The number of ether oxygens (including phenoxy) is 1. The lowest BCUT2D eigenvalue weighted by Gasteiger charge is -2.07. The van der Waals surface area contributed by atoms with Gasteiger partial charge in [0, 0.05) is 12.4 Å². The van der Waals surface area contributed by atoms with E-state index >= 15 is 0 Å². The fourth-order valence-corrected chi connectivity index (χ4v) is 3.96. The number of oxime groups is 1. The molecule has 0 spiro atoms. The summed E-state index contributed by atoms with van der Waals surface area (Å²) >= 11 is 0. The highest BCUT2D eigenvalue weighted by atomic mass is 16.6. The SMILES string of the molecule is Cc1cccc(COc2ccc(/C=C/C(/C=C/c3cccnc3)=N/OCn3cnc4ccccc4c3=O)cc2)c1. The molecule has 0 aliphatic carbocycles. The molecule has 0 atom stereocenters. The van der Waals surface area contributed by atoms with E-state index in [1.165, 1.54) is 16.5 Å². The zero-order valence-corrected chi connectivity index (χ0v) is 22.1. The number of fused-ring (bicyclic) bond motifs is 1. The number of pyridine rings is 1. The van der Waals surface area contributed by atoms with E-state index in [1.54, 1.807) is 24.5 Å². The summed E-state index contributed by atoms with van der Waals surface area (Å²) in [6, 6.07) is 27.1. The highest BCUT2D eigenvalue weighted by molar-refractivity contribution is 6.08. The minimum absolute atomic E-state index is 0.0677. The summed E-state index contributed by atoms with van der Waals surface area (Å²) in [7, 11) is 0. The van der Waals surface area contributed by atoms with Crippen LogP contribution in [0.25, 0.3) is 23.1 Å². The number of benzene rings is 3. The molecule has 7 nitrogen and oxygen atoms in total. The molecule has 2 heterocycles. The molecule has 0 fully saturated rings. The molecule has 0 bridgehead atoms. The van der Waals surface area contributed by atoms with E-state index in [4.69, 9.17) is 9.57 Å². The van der Waals surface area contributed by atoms with Crippen molar-refractivity contribution < 1.29 is 9.57 Å². The van der Waals surface area contributed by atoms with Gasteiger partial charge in [0.15, 0.2) is 6.73 Å². The van der Waals surface area contributed by atoms with E-state index in [-0.39, 0.29) is 12.3 Å². The number of rotatable bonds is 10. The van der Waals surface area contributed by atoms with Gasteiger partial charge in [-0.2, -0.15) is 0 Å². The number of hydrogen-bond donors (Lipinski definition) is 0. The van der Waals surface area contributed by atoms with Gasteiger partial charge in [0.05, 0.1) is 10.9 Å². The van der Waals surface area contributed by atoms with Gasteiger partial charge in [-0.05, 0) is 66.1 Å². The fourth-order valence-electron chi connectivity index (χ4n) is 3.96. The Balaban J connectivity index is 1.28. The van der Waals surface area contributed by atoms with Gasteiger partial charge < -0.3 is 9.57 Å². The summed E-state index contributed by atoms with van der Waals surface area (Å²) in [4.78, 5) is 26.8. The molecule has 0 aliphatic rings. The summed E-state index contributed by atoms with van der Waals surface area (Å²) < 4.78 is 7.31. The van der Waals surface area contributed by atoms with E-state index in [2.05, 4.69) is 40.2 Å². The average molecular weight is 529 g/mol. The summed E-state index contributed by atoms with van der Waals surface area (Å²) in [5.74, 6) is 0.793. The molecule has 0 saturated heterocycles. The Morgan fingerprint density at radius 3 is 2.55 bits per heavy atom. The van der Waals surface area contributed by atoms with Crippen molar-refractivity contribution in [1.29, 1.82) is 0 Å². The lowest BCUT2D eigenvalue weighted by molar-refractivity contribution is 0.0816. The van der Waals surface area contributed by atoms with E-state index < -0.39 is 0 Å². The summed E-state index contributed by atoms with van der Waals surface area (Å²) in [5.41, 5.74) is 5.25. The van der Waals surface area contributed by atoms with Gasteiger partial charge in [-0.1, -0.05) is 77.5 Å². The van der Waals surface area contributed by atoms with Gasteiger partial charge in [-0.15, -0.1) is 0 Å². The smallest absolute Gasteiger partial charge is 0.264 e. The van der Waals surface area contributed by atoms with Crippen molar-refractivity contribution in [3.8, 4) is 5.75 Å². The van der Waals surface area contributed by atoms with E-state index in [0.717, 1.165) is 22.4 Å². The van der Waals surface area contributed by atoms with Crippen LogP contribution in [0.4, 0.5) is 0 Å². The molecule has 0 amide bonds. The molecule has 0 aliphatic heterocycles. The second kappa shape index (κ2) is 13.0. The maximum Gasteiger partial charge on any atom is 0.264 e. The molecular weight excluding hydrogens is 500 g/mol. The zero-order chi connectivity index (χ0) is 27.6. The third kappa shape index (κ3) is 7.17. The summed E-state index contributed by atoms with van der Waals surface area (Å²) in [5, 5.41) is 4.80. The van der Waals surface area contributed by atoms with Crippen molar-refractivity contribution in [3.63, 3.8) is 0 Å². The molecule has 5 rings (SSSR count). The molecule has 2 aromatic heterocycles. The summed E-state index contributed by atoms with van der Waals surface area (Å²) in [6.07, 6.45) is 12.4. The van der Waals surface area contributed by atoms with Crippen LogP contribution in [0.15, 0.2) is 126 Å². The first kappa shape index (κ1) is 26.3. The van der Waals surface area contributed by atoms with E-state index in [9.17, 15) is 4.79 Å². The lowest BCUT2D eigenvalue weighted by atomic mass is 10.1. The Morgan fingerprint density at radius 2 is 1.75 bits per heavy atom. The van der Waals surface area contributed by atoms with Gasteiger partial charge >= 0.3 is 0 Å². The number of aryl methyl sites for hydroxylation is 1. The Labute approximate surface area is 232 Å². The monoisotopic (exact) mass is 528 g/mol. The van der Waals surface area contributed by atoms with Crippen LogP contribution in [0.2, 0.25) is 0 Å². The van der Waals surface area contributed by atoms with Crippen molar-refractivity contribution in [2.45, 2.75) is 20.3 Å². The highest BCUT2D eigenvalue weighted by Gasteiger charge is 2.03. The average Bonchev–Trinajstić information content (AvgIpc) is 2.99. The first-order valence-corrected chi connectivity index (χ1v) is 12.8. The second-order valence-corrected chi connectivity index (χ2v) is 9.11. The van der Waals surface area contributed by atoms with Gasteiger partial charge in [-0.25, -0.2) is 4.98 Å². The highest BCUT2D eigenvalue weighted by Crippen LogP contribution is 2.16. The van der Waals surface area contributed by atoms with Crippen LogP contribution in [0.1, 0.15) is 22.3 Å². The van der Waals surface area contributed by atoms with E-state index in [1.807, 2.05) is 78.9 Å². The van der Waals surface area contributed by atoms with E-state index in [0.29, 0.717) is 23.2 Å². The molecule has 0 N–H and O–H groups in total. The van der Waals surface area contributed by atoms with Crippen molar-refractivity contribution >= 4 is 28.8 Å². The third-order valence-corrected chi connectivity index (χ3v) is 6.04. The quantitative estimate of drug-likeness (QED) is 0.154. The first-order chi connectivity index (χ1) is 19.6. The largest absolute Gasteiger partial charge is 0.489 e. The Bertz CT molecular complexity index is 1720. The lowest BCUT2D eigenvalue weighted by Crippen LogP contribution is -2.21. The first-order valence-electron chi connectivity index (χ1n) is 12.8. The second-order valence-electron chi connectivity index (χ2n) is 9.11. The van der Waals surface area contributed by atoms with Crippen molar-refractivity contribution in [1.82, 2.24) is 14.5 Å². The van der Waals surface area contributed by atoms with Crippen molar-refractivity contribution in [3.05, 3.63) is 148 Å². The van der Waals surface area contributed by atoms with Gasteiger partial charge in [-0.3, -0.25) is 14.3 Å². The number of para-hydroxylation sites is 1. The van der Waals surface area contributed by atoms with Crippen LogP contribution in [0.5, 0.6) is 5.75 Å². The molecule has 198 valence electrons. The predicted molar refractivity (Wildman–Crippen MR) is 159 cm³/mol. The molecular formula is C33H28N4O3.